The predicted molar refractivity (Wildman–Crippen MR) is 108 cm³/mol. The maximum atomic E-state index is 13.4. The van der Waals surface area contributed by atoms with Crippen LogP contribution in [0.2, 0.25) is 36.3 Å². The molecule has 0 saturated heterocycles. The lowest BCUT2D eigenvalue weighted by Gasteiger charge is -2.46. The number of hydrogen-bond acceptors (Lipinski definition) is 4. The average Bonchev–Trinajstić information content (AvgIpc) is 2.39. The van der Waals surface area contributed by atoms with Gasteiger partial charge in [-0.25, -0.2) is 0 Å². The first-order chi connectivity index (χ1) is 11.7. The van der Waals surface area contributed by atoms with Gasteiger partial charge in [-0.05, 0) is 42.7 Å². The van der Waals surface area contributed by atoms with Crippen LogP contribution >= 0.6 is 0 Å². The summed E-state index contributed by atoms with van der Waals surface area (Å²) in [6, 6.07) is 0. The summed E-state index contributed by atoms with van der Waals surface area (Å²) in [5.41, 5.74) is 0. The van der Waals surface area contributed by atoms with E-state index in [-0.39, 0.29) is 23.1 Å². The standard InChI is InChI=1S/C18H39F3O4Si2/c1-16(2,3)26(7,8)24-13(11-12-22)14(15(23)18(19,20)21)25-27(9,10)17(4,5)6/h13-15,22-23H,11-12H2,1-10H3/t13-,14+,15-/m0/s1. The van der Waals surface area contributed by atoms with Crippen LogP contribution in [0.15, 0.2) is 0 Å². The second-order valence-corrected chi connectivity index (χ2v) is 19.8. The van der Waals surface area contributed by atoms with Gasteiger partial charge < -0.3 is 19.1 Å². The van der Waals surface area contributed by atoms with Crippen molar-refractivity contribution in [3.63, 3.8) is 0 Å². The van der Waals surface area contributed by atoms with Crippen LogP contribution in [0.5, 0.6) is 0 Å². The van der Waals surface area contributed by atoms with Crippen LogP contribution in [0.3, 0.4) is 0 Å². The molecule has 0 aromatic heterocycles. The van der Waals surface area contributed by atoms with Gasteiger partial charge in [0.15, 0.2) is 22.7 Å². The lowest BCUT2D eigenvalue weighted by molar-refractivity contribution is -0.238. The minimum atomic E-state index is -4.84. The van der Waals surface area contributed by atoms with Crippen molar-refractivity contribution in [2.24, 2.45) is 0 Å². The molecule has 4 nitrogen and oxygen atoms in total. The molecule has 0 radical (unpaired) electrons. The number of rotatable bonds is 8. The van der Waals surface area contributed by atoms with Gasteiger partial charge in [0.2, 0.25) is 0 Å². The molecule has 3 atom stereocenters. The molecule has 0 aliphatic rings. The molecule has 0 saturated carbocycles. The highest BCUT2D eigenvalue weighted by Crippen LogP contribution is 2.42. The second kappa shape index (κ2) is 8.83. The molecule has 0 rings (SSSR count). The van der Waals surface area contributed by atoms with Gasteiger partial charge in [0.1, 0.15) is 6.10 Å². The Morgan fingerprint density at radius 1 is 0.815 bits per heavy atom. The molecule has 0 bridgehead atoms. The Morgan fingerprint density at radius 2 is 1.19 bits per heavy atom. The fourth-order valence-corrected chi connectivity index (χ4v) is 4.70. The maximum absolute atomic E-state index is 13.4. The van der Waals surface area contributed by atoms with E-state index in [1.165, 1.54) is 0 Å². The van der Waals surface area contributed by atoms with Crippen molar-refractivity contribution >= 4 is 16.6 Å². The first kappa shape index (κ1) is 27.1. The molecule has 9 heteroatoms. The molecule has 0 aliphatic heterocycles. The molecule has 164 valence electrons. The number of halogens is 3. The lowest BCUT2D eigenvalue weighted by atomic mass is 10.1. The zero-order valence-corrected chi connectivity index (χ0v) is 20.5. The first-order valence-corrected chi connectivity index (χ1v) is 15.2. The van der Waals surface area contributed by atoms with E-state index in [1.54, 1.807) is 0 Å². The van der Waals surface area contributed by atoms with Crippen molar-refractivity contribution < 1.29 is 32.2 Å². The summed E-state index contributed by atoms with van der Waals surface area (Å²) < 4.78 is 52.5. The van der Waals surface area contributed by atoms with Crippen molar-refractivity contribution in [3.8, 4) is 0 Å². The van der Waals surface area contributed by atoms with Crippen molar-refractivity contribution in [3.05, 3.63) is 0 Å². The van der Waals surface area contributed by atoms with Crippen molar-refractivity contribution in [1.82, 2.24) is 0 Å². The van der Waals surface area contributed by atoms with Crippen LogP contribution in [0, 0.1) is 0 Å². The van der Waals surface area contributed by atoms with Gasteiger partial charge >= 0.3 is 6.18 Å². The van der Waals surface area contributed by atoms with Gasteiger partial charge in [-0.15, -0.1) is 0 Å². The van der Waals surface area contributed by atoms with E-state index >= 15 is 0 Å². The first-order valence-electron chi connectivity index (χ1n) is 9.38. The van der Waals surface area contributed by atoms with E-state index in [0.717, 1.165) is 0 Å². The van der Waals surface area contributed by atoms with Crippen LogP contribution in [0.25, 0.3) is 0 Å². The van der Waals surface area contributed by atoms with Gasteiger partial charge in [-0.3, -0.25) is 0 Å². The van der Waals surface area contributed by atoms with Gasteiger partial charge in [-0.1, -0.05) is 41.5 Å². The zero-order valence-electron chi connectivity index (χ0n) is 18.5. The molecule has 0 heterocycles. The van der Waals surface area contributed by atoms with E-state index in [2.05, 4.69) is 0 Å². The van der Waals surface area contributed by atoms with Crippen molar-refractivity contribution in [2.45, 2.75) is 109 Å². The minimum absolute atomic E-state index is 0.0288. The zero-order chi connectivity index (χ0) is 22.1. The third-order valence-corrected chi connectivity index (χ3v) is 14.9. The molecule has 0 aliphatic carbocycles. The lowest BCUT2D eigenvalue weighted by Crippen LogP contribution is -2.58. The normalized spacial score (nSPS) is 18.3. The number of aliphatic hydroxyl groups is 2. The highest BCUT2D eigenvalue weighted by molar-refractivity contribution is 6.74. The molecular weight excluding hydrogens is 393 g/mol. The van der Waals surface area contributed by atoms with Gasteiger partial charge in [0.25, 0.3) is 0 Å². The topological polar surface area (TPSA) is 58.9 Å². The Hall–Kier alpha value is 0.0638. The van der Waals surface area contributed by atoms with E-state index < -0.39 is 41.1 Å². The van der Waals surface area contributed by atoms with Crippen LogP contribution in [0.4, 0.5) is 13.2 Å². The monoisotopic (exact) mass is 432 g/mol. The Morgan fingerprint density at radius 3 is 1.48 bits per heavy atom. The third-order valence-electron chi connectivity index (χ3n) is 5.92. The Kier molecular flexibility index (Phi) is 8.85. The van der Waals surface area contributed by atoms with Crippen LogP contribution in [-0.2, 0) is 8.85 Å². The van der Waals surface area contributed by atoms with Crippen LogP contribution in [0.1, 0.15) is 48.0 Å². The van der Waals surface area contributed by atoms with Gasteiger partial charge in [0.05, 0.1) is 6.10 Å². The summed E-state index contributed by atoms with van der Waals surface area (Å²) in [4.78, 5) is 0. The highest BCUT2D eigenvalue weighted by Gasteiger charge is 2.52. The third kappa shape index (κ3) is 7.43. The molecule has 0 fully saturated rings. The predicted octanol–water partition coefficient (Wildman–Crippen LogP) is 5.07. The summed E-state index contributed by atoms with van der Waals surface area (Å²) in [6.45, 7) is 18.9. The number of hydrogen-bond donors (Lipinski definition) is 2. The Bertz CT molecular complexity index is 469. The van der Waals surface area contributed by atoms with E-state index in [9.17, 15) is 23.4 Å². The molecule has 2 N–H and O–H groups in total. The smallest absolute Gasteiger partial charge is 0.411 e. The van der Waals surface area contributed by atoms with Crippen LogP contribution in [-0.4, -0.2) is 57.9 Å². The van der Waals surface area contributed by atoms with E-state index in [0.29, 0.717) is 0 Å². The largest absolute Gasteiger partial charge is 0.416 e. The molecule has 27 heavy (non-hydrogen) atoms. The average molecular weight is 433 g/mol. The van der Waals surface area contributed by atoms with Crippen molar-refractivity contribution in [1.29, 1.82) is 0 Å². The number of aliphatic hydroxyl groups excluding tert-OH is 2. The molecule has 0 spiro atoms. The van der Waals surface area contributed by atoms with E-state index in [4.69, 9.17) is 8.85 Å². The summed E-state index contributed by atoms with van der Waals surface area (Å²) in [5.74, 6) is 0. The molecule has 0 aromatic rings. The van der Waals surface area contributed by atoms with Gasteiger partial charge in [-0.2, -0.15) is 13.2 Å². The van der Waals surface area contributed by atoms with Gasteiger partial charge in [0, 0.05) is 6.61 Å². The summed E-state index contributed by atoms with van der Waals surface area (Å²) in [7, 11) is -5.08. The molecular formula is C18H39F3O4Si2. The maximum Gasteiger partial charge on any atom is 0.416 e. The Balaban J connectivity index is 6.03. The fraction of sp³-hybridized carbons (Fsp3) is 1.00. The summed E-state index contributed by atoms with van der Waals surface area (Å²) >= 11 is 0. The minimum Gasteiger partial charge on any atom is -0.411 e. The quantitative estimate of drug-likeness (QED) is 0.526. The molecule has 0 unspecified atom stereocenters. The summed E-state index contributed by atoms with van der Waals surface area (Å²) in [5, 5.41) is 19.0. The molecule has 0 aromatic carbocycles. The fourth-order valence-electron chi connectivity index (χ4n) is 2.02. The molecule has 0 amide bonds. The number of alkyl halides is 3. The van der Waals surface area contributed by atoms with E-state index in [1.807, 2.05) is 67.7 Å². The summed E-state index contributed by atoms with van der Waals surface area (Å²) in [6.07, 6.45) is -10.2. The Labute approximate surface area is 164 Å². The SMILES string of the molecule is CC(C)(C)[Si](C)(C)O[C@H]([C@H](CCO)O[Si](C)(C)C(C)(C)C)[C@H](O)C(F)(F)F. The van der Waals surface area contributed by atoms with Crippen LogP contribution < -0.4 is 0 Å². The van der Waals surface area contributed by atoms with Crippen molar-refractivity contribution in [2.75, 3.05) is 6.61 Å². The highest BCUT2D eigenvalue weighted by atomic mass is 28.4. The second-order valence-electron chi connectivity index (χ2n) is 10.3.